The Hall–Kier alpha value is -3.59. The summed E-state index contributed by atoms with van der Waals surface area (Å²) in [5, 5.41) is 11.2. The van der Waals surface area contributed by atoms with Gasteiger partial charge in [0.2, 0.25) is 0 Å². The Morgan fingerprint density at radius 2 is 1.70 bits per heavy atom. The molecule has 190 valence electrons. The van der Waals surface area contributed by atoms with Gasteiger partial charge in [-0.05, 0) is 73.0 Å². The van der Waals surface area contributed by atoms with Crippen LogP contribution in [0.3, 0.4) is 0 Å². The van der Waals surface area contributed by atoms with Crippen LogP contribution in [0.25, 0.3) is 22.0 Å². The summed E-state index contributed by atoms with van der Waals surface area (Å²) in [6.45, 7) is 7.47. The van der Waals surface area contributed by atoms with Gasteiger partial charge in [0, 0.05) is 55.2 Å². The van der Waals surface area contributed by atoms with Gasteiger partial charge in [0.15, 0.2) is 5.69 Å². The SMILES string of the molecule is O=C(Nc1cccc(CN2CCCC2)c1)c1n[nH]c2ccc(-c3cncc(CN4CCOCC4)c3)cc12. The van der Waals surface area contributed by atoms with Crippen molar-refractivity contribution >= 4 is 22.5 Å². The van der Waals surface area contributed by atoms with E-state index in [1.54, 1.807) is 0 Å². The number of carbonyl (C=O) groups is 1. The fourth-order valence-electron chi connectivity index (χ4n) is 5.25. The van der Waals surface area contributed by atoms with Gasteiger partial charge in [-0.25, -0.2) is 0 Å². The maximum Gasteiger partial charge on any atom is 0.276 e. The molecule has 2 aliphatic rings. The summed E-state index contributed by atoms with van der Waals surface area (Å²) in [4.78, 5) is 22.6. The molecule has 0 spiro atoms. The molecule has 1 amide bonds. The number of hydrogen-bond acceptors (Lipinski definition) is 6. The van der Waals surface area contributed by atoms with Crippen LogP contribution in [0.1, 0.15) is 34.5 Å². The van der Waals surface area contributed by atoms with Gasteiger partial charge >= 0.3 is 0 Å². The molecule has 2 fully saturated rings. The van der Waals surface area contributed by atoms with Crippen LogP contribution in [-0.2, 0) is 17.8 Å². The predicted molar refractivity (Wildman–Crippen MR) is 144 cm³/mol. The van der Waals surface area contributed by atoms with Crippen molar-refractivity contribution in [2.24, 2.45) is 0 Å². The zero-order valence-electron chi connectivity index (χ0n) is 20.9. The molecule has 37 heavy (non-hydrogen) atoms. The van der Waals surface area contributed by atoms with E-state index in [0.717, 1.165) is 80.2 Å². The zero-order valence-corrected chi connectivity index (χ0v) is 20.9. The number of pyridine rings is 1. The number of aromatic nitrogens is 3. The van der Waals surface area contributed by atoms with Crippen LogP contribution in [0, 0.1) is 0 Å². The summed E-state index contributed by atoms with van der Waals surface area (Å²) in [6, 6.07) is 16.3. The van der Waals surface area contributed by atoms with Crippen molar-refractivity contribution in [3.8, 4) is 11.1 Å². The third kappa shape index (κ3) is 5.56. The molecule has 0 unspecified atom stereocenters. The van der Waals surface area contributed by atoms with Crippen molar-refractivity contribution in [3.63, 3.8) is 0 Å². The molecular formula is C29H32N6O2. The van der Waals surface area contributed by atoms with Crippen molar-refractivity contribution in [2.75, 3.05) is 44.7 Å². The summed E-state index contributed by atoms with van der Waals surface area (Å²) in [7, 11) is 0. The van der Waals surface area contributed by atoms with Crippen molar-refractivity contribution in [2.45, 2.75) is 25.9 Å². The zero-order chi connectivity index (χ0) is 25.0. The van der Waals surface area contributed by atoms with E-state index in [4.69, 9.17) is 4.74 Å². The molecule has 6 rings (SSSR count). The Kier molecular flexibility index (Phi) is 6.94. The maximum atomic E-state index is 13.2. The van der Waals surface area contributed by atoms with Gasteiger partial charge in [0.05, 0.1) is 18.7 Å². The van der Waals surface area contributed by atoms with E-state index in [1.165, 1.54) is 24.0 Å². The third-order valence-electron chi connectivity index (χ3n) is 7.21. The number of fused-ring (bicyclic) bond motifs is 1. The fraction of sp³-hybridized carbons (Fsp3) is 0.345. The smallest absolute Gasteiger partial charge is 0.276 e. The van der Waals surface area contributed by atoms with E-state index >= 15 is 0 Å². The van der Waals surface area contributed by atoms with Crippen LogP contribution >= 0.6 is 0 Å². The topological polar surface area (TPSA) is 86.4 Å². The minimum Gasteiger partial charge on any atom is -0.379 e. The highest BCUT2D eigenvalue weighted by Crippen LogP contribution is 2.27. The molecule has 8 heteroatoms. The molecule has 0 aliphatic carbocycles. The van der Waals surface area contributed by atoms with E-state index in [-0.39, 0.29) is 5.91 Å². The molecule has 0 atom stereocenters. The van der Waals surface area contributed by atoms with Gasteiger partial charge in [-0.15, -0.1) is 0 Å². The molecular weight excluding hydrogens is 464 g/mol. The van der Waals surface area contributed by atoms with E-state index in [2.05, 4.69) is 48.5 Å². The van der Waals surface area contributed by atoms with E-state index in [1.807, 2.05) is 42.7 Å². The second-order valence-electron chi connectivity index (χ2n) is 9.94. The lowest BCUT2D eigenvalue weighted by Gasteiger charge is -2.26. The fourth-order valence-corrected chi connectivity index (χ4v) is 5.25. The van der Waals surface area contributed by atoms with Gasteiger partial charge in [0.25, 0.3) is 5.91 Å². The first-order chi connectivity index (χ1) is 18.2. The van der Waals surface area contributed by atoms with Gasteiger partial charge in [-0.1, -0.05) is 18.2 Å². The minimum absolute atomic E-state index is 0.221. The number of amides is 1. The molecule has 4 aromatic rings. The lowest BCUT2D eigenvalue weighted by Crippen LogP contribution is -2.35. The molecule has 2 N–H and O–H groups in total. The summed E-state index contributed by atoms with van der Waals surface area (Å²) in [5.41, 5.74) is 6.40. The molecule has 0 radical (unpaired) electrons. The molecule has 2 aliphatic heterocycles. The second-order valence-corrected chi connectivity index (χ2v) is 9.94. The Bertz CT molecular complexity index is 1390. The summed E-state index contributed by atoms with van der Waals surface area (Å²) >= 11 is 0. The second kappa shape index (κ2) is 10.8. The van der Waals surface area contributed by atoms with Gasteiger partial charge < -0.3 is 10.1 Å². The monoisotopic (exact) mass is 496 g/mol. The molecule has 8 nitrogen and oxygen atoms in total. The van der Waals surface area contributed by atoms with E-state index < -0.39 is 0 Å². The molecule has 2 saturated heterocycles. The quantitative estimate of drug-likeness (QED) is 0.397. The first-order valence-electron chi connectivity index (χ1n) is 13.1. The van der Waals surface area contributed by atoms with Crippen LogP contribution in [-0.4, -0.2) is 70.3 Å². The standard InChI is InChI=1S/C29H32N6O2/c36-29(31-25-5-3-4-21(15-25)19-34-8-1-2-9-34)28-26-16-23(6-7-27(26)32-33-28)24-14-22(17-30-18-24)20-35-10-12-37-13-11-35/h3-7,14-18H,1-2,8-13,19-20H2,(H,31,36)(H,32,33). The van der Waals surface area contributed by atoms with Gasteiger partial charge in [0.1, 0.15) is 0 Å². The van der Waals surface area contributed by atoms with E-state index in [0.29, 0.717) is 5.69 Å². The van der Waals surface area contributed by atoms with E-state index in [9.17, 15) is 4.79 Å². The number of carbonyl (C=O) groups excluding carboxylic acids is 1. The van der Waals surface area contributed by atoms with Crippen molar-refractivity contribution in [1.82, 2.24) is 25.0 Å². The number of likely N-dealkylation sites (tertiary alicyclic amines) is 1. The third-order valence-corrected chi connectivity index (χ3v) is 7.21. The maximum absolute atomic E-state index is 13.2. The Morgan fingerprint density at radius 1 is 0.892 bits per heavy atom. The molecule has 2 aromatic heterocycles. The number of H-pyrrole nitrogens is 1. The molecule has 0 bridgehead atoms. The van der Waals surface area contributed by atoms with Crippen LogP contribution in [0.5, 0.6) is 0 Å². The van der Waals surface area contributed by atoms with Crippen LogP contribution in [0.2, 0.25) is 0 Å². The van der Waals surface area contributed by atoms with Gasteiger partial charge in [-0.2, -0.15) is 5.10 Å². The normalized spacial score (nSPS) is 16.9. The first kappa shape index (κ1) is 23.8. The number of aromatic amines is 1. The van der Waals surface area contributed by atoms with Crippen molar-refractivity contribution in [3.05, 3.63) is 77.7 Å². The van der Waals surface area contributed by atoms with Gasteiger partial charge in [-0.3, -0.25) is 24.7 Å². The number of hydrogen-bond donors (Lipinski definition) is 2. The number of nitrogens with one attached hydrogen (secondary N) is 2. The first-order valence-corrected chi connectivity index (χ1v) is 13.1. The number of benzene rings is 2. The minimum atomic E-state index is -0.221. The number of nitrogens with zero attached hydrogens (tertiary/aromatic N) is 4. The highest BCUT2D eigenvalue weighted by atomic mass is 16.5. The van der Waals surface area contributed by atoms with Crippen LogP contribution < -0.4 is 5.32 Å². The number of morpholine rings is 1. The predicted octanol–water partition coefficient (Wildman–Crippen LogP) is 4.31. The number of anilines is 1. The van der Waals surface area contributed by atoms with Crippen LogP contribution in [0.15, 0.2) is 60.9 Å². The Morgan fingerprint density at radius 3 is 2.57 bits per heavy atom. The summed E-state index contributed by atoms with van der Waals surface area (Å²) in [5.74, 6) is -0.221. The average molecular weight is 497 g/mol. The molecule has 4 heterocycles. The number of rotatable bonds is 7. The number of ether oxygens (including phenoxy) is 1. The largest absolute Gasteiger partial charge is 0.379 e. The van der Waals surface area contributed by atoms with Crippen molar-refractivity contribution < 1.29 is 9.53 Å². The Balaban J connectivity index is 1.20. The lowest BCUT2D eigenvalue weighted by atomic mass is 10.0. The average Bonchev–Trinajstić information content (AvgIpc) is 3.59. The molecule has 2 aromatic carbocycles. The molecule has 0 saturated carbocycles. The van der Waals surface area contributed by atoms with Crippen molar-refractivity contribution in [1.29, 1.82) is 0 Å². The highest BCUT2D eigenvalue weighted by Gasteiger charge is 2.17. The summed E-state index contributed by atoms with van der Waals surface area (Å²) in [6.07, 6.45) is 6.32. The van der Waals surface area contributed by atoms with Crippen LogP contribution in [0.4, 0.5) is 5.69 Å². The highest BCUT2D eigenvalue weighted by molar-refractivity contribution is 6.11. The Labute approximate surface area is 216 Å². The lowest BCUT2D eigenvalue weighted by molar-refractivity contribution is 0.0341. The summed E-state index contributed by atoms with van der Waals surface area (Å²) < 4.78 is 5.46.